The number of benzene rings is 3. The van der Waals surface area contributed by atoms with Crippen molar-refractivity contribution in [3.63, 3.8) is 0 Å². The van der Waals surface area contributed by atoms with Gasteiger partial charge in [-0.2, -0.15) is 0 Å². The average Bonchev–Trinajstić information content (AvgIpc) is 3.32. The first-order chi connectivity index (χ1) is 20.5. The molecule has 1 fully saturated rings. The van der Waals surface area contributed by atoms with Gasteiger partial charge in [0.15, 0.2) is 5.75 Å². The molecule has 1 unspecified atom stereocenters. The van der Waals surface area contributed by atoms with Gasteiger partial charge in [0.25, 0.3) is 0 Å². The Morgan fingerprint density at radius 3 is 2.38 bits per heavy atom. The molecule has 1 aromatic heterocycles. The van der Waals surface area contributed by atoms with Crippen molar-refractivity contribution in [2.45, 2.75) is 39.2 Å². The summed E-state index contributed by atoms with van der Waals surface area (Å²) in [5, 5.41) is 0.877. The van der Waals surface area contributed by atoms with Crippen molar-refractivity contribution < 1.29 is 27.6 Å². The summed E-state index contributed by atoms with van der Waals surface area (Å²) in [7, 11) is 0. The predicted octanol–water partition coefficient (Wildman–Crippen LogP) is 9.73. The molecule has 1 aliphatic heterocycles. The number of nitrogens with zero attached hydrogens (tertiary/aromatic N) is 1. The fraction of sp³-hybridized carbons (Fsp3) is 0.344. The molecule has 0 aliphatic carbocycles. The molecule has 4 aromatic rings. The first-order valence-corrected chi connectivity index (χ1v) is 18.8. The molecule has 0 radical (unpaired) electrons. The molecular formula is C32H35F2INO4PS. The predicted molar refractivity (Wildman–Crippen MR) is 178 cm³/mol. The number of alkyl halides is 2. The van der Waals surface area contributed by atoms with Crippen molar-refractivity contribution in [1.82, 2.24) is 4.90 Å². The lowest BCUT2D eigenvalue weighted by atomic mass is 10.0. The van der Waals surface area contributed by atoms with Crippen LogP contribution in [0.25, 0.3) is 10.1 Å². The Bertz CT molecular complexity index is 1450. The second kappa shape index (κ2) is 16.5. The van der Waals surface area contributed by atoms with Gasteiger partial charge in [-0.05, 0) is 110 Å². The molecule has 0 saturated carbocycles. The van der Waals surface area contributed by atoms with Gasteiger partial charge in [0.05, 0.1) is 13.3 Å². The minimum absolute atomic E-state index is 0.0540. The minimum Gasteiger partial charge on any atom is -0.488 e. The van der Waals surface area contributed by atoms with Crippen LogP contribution in [0.2, 0.25) is 0 Å². The summed E-state index contributed by atoms with van der Waals surface area (Å²) < 4.78 is 41.7. The molecule has 1 saturated heterocycles. The quantitative estimate of drug-likeness (QED) is 0.0595. The van der Waals surface area contributed by atoms with Crippen LogP contribution in [0, 0.1) is 6.92 Å². The summed E-state index contributed by atoms with van der Waals surface area (Å²) in [5.74, 6) is 2.70. The summed E-state index contributed by atoms with van der Waals surface area (Å²) in [6.07, 6.45) is 2.78. The van der Waals surface area contributed by atoms with E-state index in [4.69, 9.17) is 14.0 Å². The Balaban J connectivity index is 0.00000129. The van der Waals surface area contributed by atoms with Gasteiger partial charge < -0.3 is 14.0 Å². The second-order valence-electron chi connectivity index (χ2n) is 9.83. The summed E-state index contributed by atoms with van der Waals surface area (Å²) >= 11 is 3.62. The minimum atomic E-state index is -0.250. The van der Waals surface area contributed by atoms with E-state index in [-0.39, 0.29) is 25.2 Å². The van der Waals surface area contributed by atoms with Gasteiger partial charge in [-0.3, -0.25) is 18.5 Å². The van der Waals surface area contributed by atoms with E-state index in [0.29, 0.717) is 34.8 Å². The topological polar surface area (TPSA) is 48.0 Å². The third-order valence-electron chi connectivity index (χ3n) is 6.75. The Morgan fingerprint density at radius 2 is 1.69 bits per heavy atom. The normalized spacial score (nSPS) is 13.5. The lowest BCUT2D eigenvalue weighted by Crippen LogP contribution is -2.53. The number of halogens is 3. The van der Waals surface area contributed by atoms with Crippen molar-refractivity contribution in [2.75, 3.05) is 33.0 Å². The van der Waals surface area contributed by atoms with Gasteiger partial charge in [-0.25, -0.2) is 0 Å². The van der Waals surface area contributed by atoms with Crippen LogP contribution in [-0.4, -0.2) is 49.8 Å². The van der Waals surface area contributed by atoms with Crippen molar-refractivity contribution >= 4 is 55.7 Å². The largest absolute Gasteiger partial charge is 0.488 e. The van der Waals surface area contributed by atoms with E-state index < -0.39 is 0 Å². The fourth-order valence-corrected chi connectivity index (χ4v) is 6.74. The molecule has 1 aliphatic rings. The first-order valence-electron chi connectivity index (χ1n) is 14.0. The molecule has 1 atom stereocenters. The van der Waals surface area contributed by atoms with Crippen LogP contribution >= 0.6 is 39.8 Å². The van der Waals surface area contributed by atoms with Crippen LogP contribution in [0.4, 0.5) is 8.78 Å². The zero-order valence-corrected chi connectivity index (χ0v) is 27.7. The van der Waals surface area contributed by atoms with Gasteiger partial charge in [0.1, 0.15) is 34.7 Å². The Labute approximate surface area is 264 Å². The molecule has 0 bridgehead atoms. The van der Waals surface area contributed by atoms with E-state index in [1.807, 2.05) is 73.7 Å². The van der Waals surface area contributed by atoms with Crippen LogP contribution < -0.4 is 14.0 Å². The molecular weight excluding hydrogens is 690 g/mol. The van der Waals surface area contributed by atoms with Crippen LogP contribution in [0.3, 0.4) is 0 Å². The van der Waals surface area contributed by atoms with Crippen LogP contribution in [0.15, 0.2) is 66.7 Å². The van der Waals surface area contributed by atoms with Gasteiger partial charge >= 0.3 is 0 Å². The van der Waals surface area contributed by atoms with Gasteiger partial charge in [0, 0.05) is 28.7 Å². The van der Waals surface area contributed by atoms with Crippen molar-refractivity contribution in [2.24, 2.45) is 0 Å². The van der Waals surface area contributed by atoms with E-state index in [1.54, 1.807) is 0 Å². The zero-order chi connectivity index (χ0) is 29.9. The molecule has 0 amide bonds. The van der Waals surface area contributed by atoms with E-state index in [1.165, 1.54) is 18.3 Å². The number of hydrogen-bond donors (Lipinski definition) is 0. The number of unbranched alkanes of at least 4 members (excludes halogenated alkanes) is 2. The number of carbonyl (C=O) groups excluding carboxylic acids is 1. The lowest BCUT2D eigenvalue weighted by Gasteiger charge is -2.39. The molecule has 2 heterocycles. The molecule has 0 spiro atoms. The Morgan fingerprint density at radius 1 is 1.00 bits per heavy atom. The number of rotatable bonds is 13. The maximum Gasteiger partial charge on any atom is 0.207 e. The number of ether oxygens (including phenoxy) is 2. The average molecular weight is 726 g/mol. The SMILES string of the molecule is CCF.Cc1ccccc1C(=O)c1sc2cc(OPI)ccc2c1Oc1ccc(OC2CN(CCCCCF)C2)cc1. The number of thiophene rings is 1. The first kappa shape index (κ1) is 32.6. The summed E-state index contributed by atoms with van der Waals surface area (Å²) in [4.78, 5) is 16.6. The molecule has 224 valence electrons. The highest BCUT2D eigenvalue weighted by Gasteiger charge is 2.28. The molecule has 0 N–H and O–H groups in total. The summed E-state index contributed by atoms with van der Waals surface area (Å²) in [5.41, 5.74) is 1.59. The summed E-state index contributed by atoms with van der Waals surface area (Å²) in [6.45, 7) is 6.01. The maximum absolute atomic E-state index is 13.7. The van der Waals surface area contributed by atoms with Crippen LogP contribution in [0.1, 0.15) is 47.0 Å². The van der Waals surface area contributed by atoms with Crippen molar-refractivity contribution in [3.8, 4) is 23.0 Å². The highest BCUT2D eigenvalue weighted by molar-refractivity contribution is 14.2. The zero-order valence-electron chi connectivity index (χ0n) is 23.7. The van der Waals surface area contributed by atoms with Crippen molar-refractivity contribution in [3.05, 3.63) is 82.7 Å². The van der Waals surface area contributed by atoms with Gasteiger partial charge in [-0.15, -0.1) is 11.3 Å². The van der Waals surface area contributed by atoms with Crippen LogP contribution in [-0.2, 0) is 0 Å². The van der Waals surface area contributed by atoms with Crippen molar-refractivity contribution in [1.29, 1.82) is 0 Å². The fourth-order valence-electron chi connectivity index (χ4n) is 4.64. The monoisotopic (exact) mass is 725 g/mol. The summed E-state index contributed by atoms with van der Waals surface area (Å²) in [6, 6.07) is 21.0. The number of likely N-dealkylation sites (tertiary alicyclic amines) is 1. The lowest BCUT2D eigenvalue weighted by molar-refractivity contribution is 0.0190. The number of fused-ring (bicyclic) bond motifs is 1. The number of aryl methyl sites for hydroxylation is 1. The second-order valence-corrected chi connectivity index (χ2v) is 12.6. The number of ketones is 1. The van der Waals surface area contributed by atoms with E-state index in [9.17, 15) is 13.6 Å². The molecule has 42 heavy (non-hydrogen) atoms. The third kappa shape index (κ3) is 8.62. The highest BCUT2D eigenvalue weighted by Crippen LogP contribution is 2.44. The van der Waals surface area contributed by atoms with Gasteiger partial charge in [-0.1, -0.05) is 24.3 Å². The smallest absolute Gasteiger partial charge is 0.207 e. The number of hydrogen-bond acceptors (Lipinski definition) is 6. The van der Waals surface area contributed by atoms with Gasteiger partial charge in [0.2, 0.25) is 5.78 Å². The van der Waals surface area contributed by atoms with E-state index >= 15 is 0 Å². The Hall–Kier alpha value is -2.33. The number of carbonyl (C=O) groups is 1. The molecule has 10 heteroatoms. The Kier molecular flexibility index (Phi) is 12.8. The third-order valence-corrected chi connectivity index (χ3v) is 8.85. The van der Waals surface area contributed by atoms with E-state index in [0.717, 1.165) is 59.6 Å². The maximum atomic E-state index is 13.7. The molecule has 3 aromatic carbocycles. The standard InChI is InChI=1S/C30H30FINO4PS.C2H5F/c1-20-7-3-4-8-25(20)28(34)30-29(26-14-13-23(37-38-32)17-27(26)39-30)36-22-11-9-21(10-12-22)35-24-18-33(19-24)16-6-2-5-15-31;1-2-3/h3-4,7-14,17,24,38H,2,5-6,15-16,18-19H2,1H3;2H2,1H3. The highest BCUT2D eigenvalue weighted by atomic mass is 127. The molecule has 5 nitrogen and oxygen atoms in total. The van der Waals surface area contributed by atoms with E-state index in [2.05, 4.69) is 26.9 Å². The molecule has 5 rings (SSSR count). The van der Waals surface area contributed by atoms with Crippen LogP contribution in [0.5, 0.6) is 23.0 Å².